The monoisotopic (exact) mass is 288 g/mol. The van der Waals surface area contributed by atoms with Gasteiger partial charge in [-0.2, -0.15) is 0 Å². The molecule has 0 radical (unpaired) electrons. The number of rotatable bonds is 4. The van der Waals surface area contributed by atoms with E-state index in [1.54, 1.807) is 0 Å². The third-order valence-corrected chi connectivity index (χ3v) is 3.66. The Kier molecular flexibility index (Phi) is 3.94. The van der Waals surface area contributed by atoms with Crippen LogP contribution in [-0.4, -0.2) is 35.3 Å². The van der Waals surface area contributed by atoms with Crippen molar-refractivity contribution in [3.05, 3.63) is 10.3 Å². The minimum atomic E-state index is 0.279. The number of halogens is 1. The largest absolute Gasteiger partial charge is 0.381 e. The highest BCUT2D eigenvalue weighted by molar-refractivity contribution is 9.10. The van der Waals surface area contributed by atoms with E-state index in [9.17, 15) is 0 Å². The molecule has 1 saturated heterocycles. The van der Waals surface area contributed by atoms with Crippen LogP contribution >= 0.6 is 15.9 Å². The molecule has 1 aliphatic rings. The van der Waals surface area contributed by atoms with E-state index in [1.165, 1.54) is 0 Å². The number of aryl methyl sites for hydroxylation is 1. The maximum Gasteiger partial charge on any atom is 0.153 e. The third kappa shape index (κ3) is 2.44. The maximum absolute atomic E-state index is 5.40. The van der Waals surface area contributed by atoms with Crippen molar-refractivity contribution in [3.8, 4) is 0 Å². The van der Waals surface area contributed by atoms with Gasteiger partial charge < -0.3 is 10.1 Å². The molecule has 2 rings (SSSR count). The average Bonchev–Trinajstić information content (AvgIpc) is 2.87. The molecule has 1 aromatic rings. The number of ether oxygens (including phenoxy) is 1. The average molecular weight is 289 g/mol. The standard InChI is InChI=1S/C10H17BrN4O/c1-12-8(5-7-3-4-16-6-7)9-10(11)13-14-15(9)2/h7-8,12H,3-6H2,1-2H3. The summed E-state index contributed by atoms with van der Waals surface area (Å²) in [5.41, 5.74) is 1.11. The predicted octanol–water partition coefficient (Wildman–Crippen LogP) is 1.26. The molecule has 1 aliphatic heterocycles. The molecule has 16 heavy (non-hydrogen) atoms. The highest BCUT2D eigenvalue weighted by Gasteiger charge is 2.24. The Hall–Kier alpha value is -0.460. The second-order valence-corrected chi connectivity index (χ2v) is 4.95. The van der Waals surface area contributed by atoms with Gasteiger partial charge in [0.25, 0.3) is 0 Å². The summed E-state index contributed by atoms with van der Waals surface area (Å²) >= 11 is 3.44. The van der Waals surface area contributed by atoms with E-state index in [-0.39, 0.29) is 6.04 Å². The summed E-state index contributed by atoms with van der Waals surface area (Å²) in [7, 11) is 3.89. The number of nitrogens with one attached hydrogen (secondary N) is 1. The van der Waals surface area contributed by atoms with Gasteiger partial charge in [-0.1, -0.05) is 5.21 Å². The lowest BCUT2D eigenvalue weighted by atomic mass is 9.97. The Morgan fingerprint density at radius 1 is 1.69 bits per heavy atom. The predicted molar refractivity (Wildman–Crippen MR) is 64.0 cm³/mol. The van der Waals surface area contributed by atoms with Gasteiger partial charge in [-0.15, -0.1) is 5.10 Å². The molecule has 0 aromatic carbocycles. The SMILES string of the molecule is CNC(CC1CCOC1)c1c(Br)nnn1C. The lowest BCUT2D eigenvalue weighted by Crippen LogP contribution is -2.23. The van der Waals surface area contributed by atoms with Crippen molar-refractivity contribution in [2.75, 3.05) is 20.3 Å². The molecule has 0 spiro atoms. The minimum Gasteiger partial charge on any atom is -0.381 e. The van der Waals surface area contributed by atoms with Gasteiger partial charge in [-0.05, 0) is 41.7 Å². The Labute approximate surface area is 104 Å². The van der Waals surface area contributed by atoms with Crippen molar-refractivity contribution in [1.82, 2.24) is 20.3 Å². The van der Waals surface area contributed by atoms with Crippen molar-refractivity contribution in [3.63, 3.8) is 0 Å². The van der Waals surface area contributed by atoms with E-state index >= 15 is 0 Å². The first kappa shape index (κ1) is 12.0. The molecule has 2 heterocycles. The van der Waals surface area contributed by atoms with Crippen molar-refractivity contribution < 1.29 is 4.74 Å². The molecule has 2 unspecified atom stereocenters. The number of hydrogen-bond acceptors (Lipinski definition) is 4. The van der Waals surface area contributed by atoms with Gasteiger partial charge in [0.05, 0.1) is 11.7 Å². The van der Waals surface area contributed by atoms with Gasteiger partial charge in [0, 0.05) is 20.3 Å². The highest BCUT2D eigenvalue weighted by atomic mass is 79.9. The quantitative estimate of drug-likeness (QED) is 0.907. The zero-order chi connectivity index (χ0) is 11.5. The first-order valence-corrected chi connectivity index (χ1v) is 6.31. The van der Waals surface area contributed by atoms with Gasteiger partial charge >= 0.3 is 0 Å². The molecule has 0 aliphatic carbocycles. The summed E-state index contributed by atoms with van der Waals surface area (Å²) in [6, 6.07) is 0.279. The van der Waals surface area contributed by atoms with Gasteiger partial charge in [0.1, 0.15) is 0 Å². The van der Waals surface area contributed by atoms with Crippen molar-refractivity contribution in [2.45, 2.75) is 18.9 Å². The first-order chi connectivity index (χ1) is 7.72. The van der Waals surface area contributed by atoms with Crippen molar-refractivity contribution in [1.29, 1.82) is 0 Å². The van der Waals surface area contributed by atoms with Crippen LogP contribution < -0.4 is 5.32 Å². The summed E-state index contributed by atoms with van der Waals surface area (Å²) in [6.07, 6.45) is 2.22. The lowest BCUT2D eigenvalue weighted by molar-refractivity contribution is 0.181. The van der Waals surface area contributed by atoms with E-state index in [4.69, 9.17) is 4.74 Å². The molecule has 0 bridgehead atoms. The van der Waals surface area contributed by atoms with Crippen LogP contribution in [0.25, 0.3) is 0 Å². The summed E-state index contributed by atoms with van der Waals surface area (Å²) < 4.78 is 8.05. The van der Waals surface area contributed by atoms with E-state index in [2.05, 4.69) is 31.6 Å². The molecule has 1 N–H and O–H groups in total. The normalized spacial score (nSPS) is 22.6. The van der Waals surface area contributed by atoms with E-state index in [0.717, 1.165) is 36.4 Å². The fourth-order valence-electron chi connectivity index (χ4n) is 2.18. The van der Waals surface area contributed by atoms with Crippen LogP contribution in [0.15, 0.2) is 4.60 Å². The fourth-order valence-corrected chi connectivity index (χ4v) is 2.78. The number of nitrogens with zero attached hydrogens (tertiary/aromatic N) is 3. The molecular formula is C10H17BrN4O. The van der Waals surface area contributed by atoms with Crippen molar-refractivity contribution >= 4 is 15.9 Å². The third-order valence-electron chi connectivity index (χ3n) is 3.10. The second-order valence-electron chi connectivity index (χ2n) is 4.20. The molecule has 2 atom stereocenters. The van der Waals surface area contributed by atoms with Crippen LogP contribution in [0.5, 0.6) is 0 Å². The summed E-state index contributed by atoms with van der Waals surface area (Å²) in [4.78, 5) is 0. The Balaban J connectivity index is 2.09. The molecule has 90 valence electrons. The molecule has 5 nitrogen and oxygen atoms in total. The van der Waals surface area contributed by atoms with E-state index in [0.29, 0.717) is 5.92 Å². The minimum absolute atomic E-state index is 0.279. The van der Waals surface area contributed by atoms with Crippen LogP contribution in [-0.2, 0) is 11.8 Å². The zero-order valence-corrected chi connectivity index (χ0v) is 11.2. The van der Waals surface area contributed by atoms with Gasteiger partial charge in [-0.3, -0.25) is 0 Å². The smallest absolute Gasteiger partial charge is 0.153 e. The molecule has 0 amide bonds. The summed E-state index contributed by atoms with van der Waals surface area (Å²) in [5, 5.41) is 11.4. The zero-order valence-electron chi connectivity index (χ0n) is 9.61. The summed E-state index contributed by atoms with van der Waals surface area (Å²) in [5.74, 6) is 0.638. The maximum atomic E-state index is 5.40. The van der Waals surface area contributed by atoms with Gasteiger partial charge in [0.2, 0.25) is 0 Å². The molecule has 1 fully saturated rings. The lowest BCUT2D eigenvalue weighted by Gasteiger charge is -2.19. The van der Waals surface area contributed by atoms with Crippen molar-refractivity contribution in [2.24, 2.45) is 13.0 Å². The number of hydrogen-bond donors (Lipinski definition) is 1. The Morgan fingerprint density at radius 2 is 2.50 bits per heavy atom. The van der Waals surface area contributed by atoms with Crippen LogP contribution in [0.2, 0.25) is 0 Å². The Morgan fingerprint density at radius 3 is 3.00 bits per heavy atom. The molecule has 0 saturated carbocycles. The van der Waals surface area contributed by atoms with E-state index in [1.807, 2.05) is 18.8 Å². The summed E-state index contributed by atoms with van der Waals surface area (Å²) in [6.45, 7) is 1.77. The molecular weight excluding hydrogens is 272 g/mol. The van der Waals surface area contributed by atoms with Gasteiger partial charge in [0.15, 0.2) is 4.60 Å². The molecule has 1 aromatic heterocycles. The topological polar surface area (TPSA) is 52.0 Å². The van der Waals surface area contributed by atoms with Crippen LogP contribution in [0.4, 0.5) is 0 Å². The number of aromatic nitrogens is 3. The van der Waals surface area contributed by atoms with Crippen LogP contribution in [0, 0.1) is 5.92 Å². The van der Waals surface area contributed by atoms with Crippen LogP contribution in [0.3, 0.4) is 0 Å². The Bertz CT molecular complexity index is 329. The van der Waals surface area contributed by atoms with Gasteiger partial charge in [-0.25, -0.2) is 4.68 Å². The fraction of sp³-hybridized carbons (Fsp3) is 0.800. The second kappa shape index (κ2) is 5.25. The highest BCUT2D eigenvalue weighted by Crippen LogP contribution is 2.28. The van der Waals surface area contributed by atoms with E-state index < -0.39 is 0 Å². The first-order valence-electron chi connectivity index (χ1n) is 5.52. The van der Waals surface area contributed by atoms with Crippen LogP contribution in [0.1, 0.15) is 24.6 Å². The molecule has 6 heteroatoms.